The van der Waals surface area contributed by atoms with Crippen molar-refractivity contribution in [3.8, 4) is 0 Å². The molecule has 2 aromatic rings. The molecule has 2 heterocycles. The van der Waals surface area contributed by atoms with Crippen LogP contribution in [0.4, 0.5) is 17.2 Å². The van der Waals surface area contributed by atoms with Gasteiger partial charge in [0.15, 0.2) is 0 Å². The van der Waals surface area contributed by atoms with Crippen molar-refractivity contribution in [1.82, 2.24) is 4.98 Å². The highest BCUT2D eigenvalue weighted by atomic mass is 32.2. The standard InChI is InChI=1S/C19H24N4O3S/c1-3-9-23(10-4-2)15-5-8-18(20-13-15)22-27(25,26)16-6-7-17-14(11-16)12-19(24)21-17/h5-8,11,13H,3-4,9-10,12H2,1-2H3,(H,20,22)(H,21,24). The highest BCUT2D eigenvalue weighted by Gasteiger charge is 2.22. The highest BCUT2D eigenvalue weighted by molar-refractivity contribution is 7.92. The maximum atomic E-state index is 12.6. The average molecular weight is 388 g/mol. The van der Waals surface area contributed by atoms with Gasteiger partial charge in [-0.1, -0.05) is 13.8 Å². The first-order valence-corrected chi connectivity index (χ1v) is 10.6. The third kappa shape index (κ3) is 4.39. The normalized spacial score (nSPS) is 13.2. The molecule has 0 bridgehead atoms. The number of anilines is 3. The van der Waals surface area contributed by atoms with Crippen LogP contribution in [-0.2, 0) is 21.2 Å². The predicted molar refractivity (Wildman–Crippen MR) is 107 cm³/mol. The number of nitrogens with zero attached hydrogens (tertiary/aromatic N) is 2. The number of benzene rings is 1. The van der Waals surface area contributed by atoms with Crippen molar-refractivity contribution >= 4 is 33.1 Å². The van der Waals surface area contributed by atoms with E-state index < -0.39 is 10.0 Å². The predicted octanol–water partition coefficient (Wildman–Crippen LogP) is 3.00. The monoisotopic (exact) mass is 388 g/mol. The summed E-state index contributed by atoms with van der Waals surface area (Å²) in [6.45, 7) is 6.11. The summed E-state index contributed by atoms with van der Waals surface area (Å²) < 4.78 is 27.8. The fraction of sp³-hybridized carbons (Fsp3) is 0.368. The van der Waals surface area contributed by atoms with Crippen LogP contribution in [0, 0.1) is 0 Å². The van der Waals surface area contributed by atoms with Gasteiger partial charge in [0.25, 0.3) is 10.0 Å². The van der Waals surface area contributed by atoms with Crippen molar-refractivity contribution in [2.75, 3.05) is 28.0 Å². The molecule has 0 atom stereocenters. The maximum Gasteiger partial charge on any atom is 0.263 e. The molecule has 7 nitrogen and oxygen atoms in total. The van der Waals surface area contributed by atoms with E-state index in [0.29, 0.717) is 11.3 Å². The van der Waals surface area contributed by atoms with Crippen LogP contribution in [0.5, 0.6) is 0 Å². The lowest BCUT2D eigenvalue weighted by molar-refractivity contribution is -0.115. The lowest BCUT2D eigenvalue weighted by Crippen LogP contribution is -2.25. The molecule has 0 radical (unpaired) electrons. The van der Waals surface area contributed by atoms with Gasteiger partial charge >= 0.3 is 0 Å². The average Bonchev–Trinajstić information content (AvgIpc) is 3.01. The van der Waals surface area contributed by atoms with Crippen LogP contribution in [0.25, 0.3) is 0 Å². The molecule has 0 spiro atoms. The van der Waals surface area contributed by atoms with Gasteiger partial charge in [0.1, 0.15) is 5.82 Å². The maximum absolute atomic E-state index is 12.6. The first-order valence-electron chi connectivity index (χ1n) is 9.09. The molecule has 27 heavy (non-hydrogen) atoms. The van der Waals surface area contributed by atoms with Gasteiger partial charge in [-0.3, -0.25) is 9.52 Å². The topological polar surface area (TPSA) is 91.4 Å². The summed E-state index contributed by atoms with van der Waals surface area (Å²) in [5.41, 5.74) is 2.32. The number of sulfonamides is 1. The molecule has 1 aromatic carbocycles. The van der Waals surface area contributed by atoms with E-state index in [1.54, 1.807) is 18.3 Å². The summed E-state index contributed by atoms with van der Waals surface area (Å²) in [6, 6.07) is 8.16. The molecular weight excluding hydrogens is 364 g/mol. The van der Waals surface area contributed by atoms with Gasteiger partial charge < -0.3 is 10.2 Å². The third-order valence-electron chi connectivity index (χ3n) is 4.35. The minimum absolute atomic E-state index is 0.113. The van der Waals surface area contributed by atoms with Crippen molar-refractivity contribution < 1.29 is 13.2 Å². The van der Waals surface area contributed by atoms with Crippen molar-refractivity contribution in [3.63, 3.8) is 0 Å². The first-order chi connectivity index (χ1) is 12.9. The van der Waals surface area contributed by atoms with Crippen LogP contribution in [0.2, 0.25) is 0 Å². The van der Waals surface area contributed by atoms with E-state index in [1.807, 2.05) is 6.07 Å². The zero-order valence-corrected chi connectivity index (χ0v) is 16.3. The lowest BCUT2D eigenvalue weighted by Gasteiger charge is -2.23. The first kappa shape index (κ1) is 19.2. The molecule has 8 heteroatoms. The van der Waals surface area contributed by atoms with E-state index in [0.717, 1.165) is 31.6 Å². The minimum Gasteiger partial charge on any atom is -0.370 e. The van der Waals surface area contributed by atoms with Crippen molar-refractivity contribution in [2.45, 2.75) is 38.0 Å². The molecule has 0 unspecified atom stereocenters. The SMILES string of the molecule is CCCN(CCC)c1ccc(NS(=O)(=O)c2ccc3c(c2)CC(=O)N3)nc1. The number of pyridine rings is 1. The number of amides is 1. The third-order valence-corrected chi connectivity index (χ3v) is 5.70. The number of hydrogen-bond donors (Lipinski definition) is 2. The molecule has 3 rings (SSSR count). The van der Waals surface area contributed by atoms with Crippen molar-refractivity contribution in [3.05, 3.63) is 42.1 Å². The van der Waals surface area contributed by atoms with Gasteiger partial charge in [-0.05, 0) is 48.7 Å². The summed E-state index contributed by atoms with van der Waals surface area (Å²) >= 11 is 0. The molecule has 0 saturated carbocycles. The molecule has 2 N–H and O–H groups in total. The number of carbonyl (C=O) groups excluding carboxylic acids is 1. The van der Waals surface area contributed by atoms with Gasteiger partial charge in [0.2, 0.25) is 5.91 Å². The smallest absolute Gasteiger partial charge is 0.263 e. The highest BCUT2D eigenvalue weighted by Crippen LogP contribution is 2.27. The van der Waals surface area contributed by atoms with Crippen molar-refractivity contribution in [2.24, 2.45) is 0 Å². The van der Waals surface area contributed by atoms with Gasteiger partial charge in [-0.15, -0.1) is 0 Å². The quantitative estimate of drug-likeness (QED) is 0.725. The Morgan fingerprint density at radius 1 is 1.15 bits per heavy atom. The Balaban J connectivity index is 1.76. The van der Waals surface area contributed by atoms with Crippen LogP contribution in [0.3, 0.4) is 0 Å². The molecule has 1 aliphatic heterocycles. The van der Waals surface area contributed by atoms with Gasteiger partial charge in [0.05, 0.1) is 23.2 Å². The van der Waals surface area contributed by atoms with Gasteiger partial charge in [-0.25, -0.2) is 13.4 Å². The van der Waals surface area contributed by atoms with Crippen LogP contribution in [0.15, 0.2) is 41.4 Å². The fourth-order valence-electron chi connectivity index (χ4n) is 3.11. The number of hydrogen-bond acceptors (Lipinski definition) is 5. The molecule has 1 aromatic heterocycles. The molecule has 0 aliphatic carbocycles. The fourth-order valence-corrected chi connectivity index (χ4v) is 4.17. The lowest BCUT2D eigenvalue weighted by atomic mass is 10.2. The van der Waals surface area contributed by atoms with Crippen LogP contribution in [-0.4, -0.2) is 32.4 Å². The van der Waals surface area contributed by atoms with Gasteiger partial charge in [-0.2, -0.15) is 0 Å². The largest absolute Gasteiger partial charge is 0.370 e. The zero-order chi connectivity index (χ0) is 19.4. The van der Waals surface area contributed by atoms with Gasteiger partial charge in [0, 0.05) is 18.8 Å². The van der Waals surface area contributed by atoms with Crippen LogP contribution in [0.1, 0.15) is 32.3 Å². The molecule has 144 valence electrons. The second-order valence-electron chi connectivity index (χ2n) is 6.54. The summed E-state index contributed by atoms with van der Waals surface area (Å²) in [4.78, 5) is 18.0. The Labute approximate surface area is 159 Å². The Hall–Kier alpha value is -2.61. The second-order valence-corrected chi connectivity index (χ2v) is 8.22. The van der Waals surface area contributed by atoms with Crippen LogP contribution < -0.4 is 14.9 Å². The number of aromatic nitrogens is 1. The Morgan fingerprint density at radius 3 is 2.52 bits per heavy atom. The van der Waals surface area contributed by atoms with E-state index in [1.165, 1.54) is 12.1 Å². The summed E-state index contributed by atoms with van der Waals surface area (Å²) in [5, 5.41) is 2.69. The Kier molecular flexibility index (Phi) is 5.65. The summed E-state index contributed by atoms with van der Waals surface area (Å²) in [7, 11) is -3.77. The van der Waals surface area contributed by atoms with E-state index in [2.05, 4.69) is 33.8 Å². The summed E-state index contributed by atoms with van der Waals surface area (Å²) in [6.07, 6.45) is 3.94. The molecule has 0 fully saturated rings. The number of nitrogens with one attached hydrogen (secondary N) is 2. The molecule has 1 amide bonds. The minimum atomic E-state index is -3.77. The van der Waals surface area contributed by atoms with E-state index in [-0.39, 0.29) is 23.0 Å². The Bertz CT molecular complexity index is 920. The van der Waals surface area contributed by atoms with E-state index >= 15 is 0 Å². The molecule has 1 aliphatic rings. The second kappa shape index (κ2) is 7.96. The summed E-state index contributed by atoms with van der Waals surface area (Å²) in [5.74, 6) is 0.134. The number of rotatable bonds is 8. The zero-order valence-electron chi connectivity index (χ0n) is 15.5. The van der Waals surface area contributed by atoms with Crippen molar-refractivity contribution in [1.29, 1.82) is 0 Å². The Morgan fingerprint density at radius 2 is 1.89 bits per heavy atom. The number of carbonyl (C=O) groups is 1. The number of fused-ring (bicyclic) bond motifs is 1. The van der Waals surface area contributed by atoms with E-state index in [4.69, 9.17) is 0 Å². The van der Waals surface area contributed by atoms with Crippen LogP contribution >= 0.6 is 0 Å². The molecule has 0 saturated heterocycles. The molecular formula is C19H24N4O3S. The van der Waals surface area contributed by atoms with E-state index in [9.17, 15) is 13.2 Å².